The maximum Gasteiger partial charge on any atom is 0.319 e. The molecule has 128 valence electrons. The molecule has 0 atom stereocenters. The molecule has 2 N–H and O–H groups in total. The van der Waals surface area contributed by atoms with E-state index in [0.717, 1.165) is 11.3 Å². The molecule has 0 unspecified atom stereocenters. The highest BCUT2D eigenvalue weighted by molar-refractivity contribution is 5.90. The Labute approximate surface area is 140 Å². The Morgan fingerprint density at radius 1 is 1.12 bits per heavy atom. The lowest BCUT2D eigenvalue weighted by atomic mass is 10.2. The molecule has 0 aliphatic rings. The number of nitrogens with one attached hydrogen (secondary N) is 2. The molecule has 0 bridgehead atoms. The molecular weight excluding hydrogens is 311 g/mol. The van der Waals surface area contributed by atoms with E-state index in [9.17, 15) is 9.18 Å². The SMILES string of the molecule is CCOc1cc(F)ccc1NC(=O)NCCOc1ccc(C)cc1. The zero-order valence-corrected chi connectivity index (χ0v) is 13.8. The third-order valence-corrected chi connectivity index (χ3v) is 3.17. The average molecular weight is 332 g/mol. The molecule has 0 heterocycles. The number of amides is 2. The molecule has 2 amide bonds. The van der Waals surface area contributed by atoms with Crippen LogP contribution >= 0.6 is 0 Å². The largest absolute Gasteiger partial charge is 0.492 e. The van der Waals surface area contributed by atoms with Crippen LogP contribution in [0.15, 0.2) is 42.5 Å². The monoisotopic (exact) mass is 332 g/mol. The van der Waals surface area contributed by atoms with Crippen molar-refractivity contribution in [3.63, 3.8) is 0 Å². The summed E-state index contributed by atoms with van der Waals surface area (Å²) in [6.07, 6.45) is 0. The van der Waals surface area contributed by atoms with E-state index >= 15 is 0 Å². The highest BCUT2D eigenvalue weighted by atomic mass is 19.1. The van der Waals surface area contributed by atoms with Gasteiger partial charge in [-0.25, -0.2) is 9.18 Å². The second-order valence-electron chi connectivity index (χ2n) is 5.12. The van der Waals surface area contributed by atoms with Crippen molar-refractivity contribution in [1.29, 1.82) is 0 Å². The summed E-state index contributed by atoms with van der Waals surface area (Å²) in [6.45, 7) is 4.85. The third kappa shape index (κ3) is 5.46. The Morgan fingerprint density at radius 3 is 2.58 bits per heavy atom. The van der Waals surface area contributed by atoms with Gasteiger partial charge in [0, 0.05) is 6.07 Å². The molecular formula is C18H21FN2O3. The second kappa shape index (κ2) is 8.76. The normalized spacial score (nSPS) is 10.1. The number of ether oxygens (including phenoxy) is 2. The summed E-state index contributed by atoms with van der Waals surface area (Å²) >= 11 is 0. The summed E-state index contributed by atoms with van der Waals surface area (Å²) in [5.41, 5.74) is 1.57. The van der Waals surface area contributed by atoms with Gasteiger partial charge in [-0.2, -0.15) is 0 Å². The van der Waals surface area contributed by atoms with Gasteiger partial charge in [-0.1, -0.05) is 17.7 Å². The first-order valence-corrected chi connectivity index (χ1v) is 7.75. The van der Waals surface area contributed by atoms with Gasteiger partial charge >= 0.3 is 6.03 Å². The molecule has 0 saturated heterocycles. The summed E-state index contributed by atoms with van der Waals surface area (Å²) in [5, 5.41) is 5.30. The van der Waals surface area contributed by atoms with Crippen LogP contribution in [0.25, 0.3) is 0 Å². The molecule has 0 saturated carbocycles. The van der Waals surface area contributed by atoms with E-state index < -0.39 is 11.8 Å². The van der Waals surface area contributed by atoms with Gasteiger partial charge in [-0.15, -0.1) is 0 Å². The molecule has 0 fully saturated rings. The Bertz CT molecular complexity index is 674. The summed E-state index contributed by atoms with van der Waals surface area (Å²) in [6, 6.07) is 11.2. The number of halogens is 1. The standard InChI is InChI=1S/C18H21FN2O3/c1-3-23-17-12-14(19)6-9-16(17)21-18(22)20-10-11-24-15-7-4-13(2)5-8-15/h4-9,12H,3,10-11H2,1-2H3,(H2,20,21,22). The summed E-state index contributed by atoms with van der Waals surface area (Å²) in [7, 11) is 0. The van der Waals surface area contributed by atoms with Gasteiger partial charge in [0.1, 0.15) is 23.9 Å². The minimum atomic E-state index is -0.420. The van der Waals surface area contributed by atoms with Crippen molar-refractivity contribution in [3.05, 3.63) is 53.8 Å². The molecule has 2 rings (SSSR count). The zero-order chi connectivity index (χ0) is 17.4. The van der Waals surface area contributed by atoms with Crippen molar-refractivity contribution < 1.29 is 18.7 Å². The van der Waals surface area contributed by atoms with Crippen molar-refractivity contribution >= 4 is 11.7 Å². The van der Waals surface area contributed by atoms with E-state index in [-0.39, 0.29) is 0 Å². The predicted molar refractivity (Wildman–Crippen MR) is 91.3 cm³/mol. The fourth-order valence-corrected chi connectivity index (χ4v) is 2.01. The minimum Gasteiger partial charge on any atom is -0.492 e. The molecule has 2 aromatic carbocycles. The Balaban J connectivity index is 1.78. The van der Waals surface area contributed by atoms with Crippen LogP contribution in [0.5, 0.6) is 11.5 Å². The van der Waals surface area contributed by atoms with Crippen LogP contribution < -0.4 is 20.1 Å². The number of anilines is 1. The maximum absolute atomic E-state index is 13.2. The lowest BCUT2D eigenvalue weighted by molar-refractivity contribution is 0.247. The summed E-state index contributed by atoms with van der Waals surface area (Å²) in [5.74, 6) is 0.624. The molecule has 24 heavy (non-hydrogen) atoms. The van der Waals surface area contributed by atoms with Gasteiger partial charge in [0.25, 0.3) is 0 Å². The van der Waals surface area contributed by atoms with E-state index in [1.165, 1.54) is 18.2 Å². The first-order valence-electron chi connectivity index (χ1n) is 7.75. The van der Waals surface area contributed by atoms with Crippen LogP contribution in [0.4, 0.5) is 14.9 Å². The van der Waals surface area contributed by atoms with Crippen LogP contribution in [0.3, 0.4) is 0 Å². The number of carbonyl (C=O) groups excluding carboxylic acids is 1. The van der Waals surface area contributed by atoms with Crippen LogP contribution in [0, 0.1) is 12.7 Å². The lowest BCUT2D eigenvalue weighted by Crippen LogP contribution is -2.32. The number of carbonyl (C=O) groups is 1. The third-order valence-electron chi connectivity index (χ3n) is 3.17. The second-order valence-corrected chi connectivity index (χ2v) is 5.12. The maximum atomic E-state index is 13.2. The van der Waals surface area contributed by atoms with Crippen LogP contribution in [0.2, 0.25) is 0 Å². The molecule has 0 aliphatic carbocycles. The first kappa shape index (κ1) is 17.6. The Kier molecular flexibility index (Phi) is 6.42. The smallest absolute Gasteiger partial charge is 0.319 e. The van der Waals surface area contributed by atoms with E-state index in [1.54, 1.807) is 6.92 Å². The molecule has 0 aliphatic heterocycles. The number of benzene rings is 2. The van der Waals surface area contributed by atoms with Crippen LogP contribution in [-0.2, 0) is 0 Å². The quantitative estimate of drug-likeness (QED) is 0.760. The molecule has 0 aromatic heterocycles. The molecule has 6 heteroatoms. The number of rotatable bonds is 7. The van der Waals surface area contributed by atoms with E-state index in [1.807, 2.05) is 31.2 Å². The van der Waals surface area contributed by atoms with E-state index in [0.29, 0.717) is 31.2 Å². The van der Waals surface area contributed by atoms with Crippen LogP contribution in [0.1, 0.15) is 12.5 Å². The van der Waals surface area contributed by atoms with Gasteiger partial charge in [-0.3, -0.25) is 0 Å². The van der Waals surface area contributed by atoms with E-state index in [2.05, 4.69) is 10.6 Å². The van der Waals surface area contributed by atoms with Gasteiger partial charge in [0.05, 0.1) is 18.8 Å². The molecule has 5 nitrogen and oxygen atoms in total. The van der Waals surface area contributed by atoms with E-state index in [4.69, 9.17) is 9.47 Å². The Hall–Kier alpha value is -2.76. The molecule has 0 radical (unpaired) electrons. The fraction of sp³-hybridized carbons (Fsp3) is 0.278. The fourth-order valence-electron chi connectivity index (χ4n) is 2.01. The van der Waals surface area contributed by atoms with Crippen molar-refractivity contribution in [2.75, 3.05) is 25.1 Å². The molecule has 2 aromatic rings. The summed E-state index contributed by atoms with van der Waals surface area (Å²) in [4.78, 5) is 11.9. The average Bonchev–Trinajstić information content (AvgIpc) is 2.56. The number of urea groups is 1. The van der Waals surface area contributed by atoms with Crippen molar-refractivity contribution in [2.45, 2.75) is 13.8 Å². The van der Waals surface area contributed by atoms with Crippen molar-refractivity contribution in [1.82, 2.24) is 5.32 Å². The zero-order valence-electron chi connectivity index (χ0n) is 13.8. The Morgan fingerprint density at radius 2 is 1.88 bits per heavy atom. The predicted octanol–water partition coefficient (Wildman–Crippen LogP) is 3.73. The topological polar surface area (TPSA) is 59.6 Å². The van der Waals surface area contributed by atoms with Gasteiger partial charge in [0.2, 0.25) is 0 Å². The van der Waals surface area contributed by atoms with Gasteiger partial charge in [-0.05, 0) is 38.1 Å². The lowest BCUT2D eigenvalue weighted by Gasteiger charge is -2.12. The summed E-state index contributed by atoms with van der Waals surface area (Å²) < 4.78 is 24.0. The van der Waals surface area contributed by atoms with Crippen molar-refractivity contribution in [2.24, 2.45) is 0 Å². The highest BCUT2D eigenvalue weighted by Crippen LogP contribution is 2.25. The highest BCUT2D eigenvalue weighted by Gasteiger charge is 2.08. The minimum absolute atomic E-state index is 0.295. The first-order chi connectivity index (χ1) is 11.6. The number of aryl methyl sites for hydroxylation is 1. The molecule has 0 spiro atoms. The number of hydrogen-bond donors (Lipinski definition) is 2. The van der Waals surface area contributed by atoms with Crippen LogP contribution in [-0.4, -0.2) is 25.8 Å². The van der Waals surface area contributed by atoms with Crippen molar-refractivity contribution in [3.8, 4) is 11.5 Å². The van der Waals surface area contributed by atoms with Gasteiger partial charge in [0.15, 0.2) is 0 Å². The number of hydrogen-bond acceptors (Lipinski definition) is 3. The van der Waals surface area contributed by atoms with Gasteiger partial charge < -0.3 is 20.1 Å².